The summed E-state index contributed by atoms with van der Waals surface area (Å²) in [5.41, 5.74) is 1.84. The SMILES string of the molecule is N#Cc1ccc(C(=O)N2CC3CN(C(=O)OCc4cc(Cl)cc(Cl)c4)C[C@H]3C2)cc1. The van der Waals surface area contributed by atoms with Gasteiger partial charge in [0.1, 0.15) is 6.61 Å². The first-order valence-electron chi connectivity index (χ1n) is 9.59. The number of hydrogen-bond donors (Lipinski definition) is 0. The molecular weight excluding hydrogens is 425 g/mol. The number of ether oxygens (including phenoxy) is 1. The van der Waals surface area contributed by atoms with Crippen molar-refractivity contribution < 1.29 is 14.3 Å². The molecule has 0 N–H and O–H groups in total. The van der Waals surface area contributed by atoms with Crippen molar-refractivity contribution in [3.63, 3.8) is 0 Å². The number of benzene rings is 2. The van der Waals surface area contributed by atoms with Crippen molar-refractivity contribution in [2.75, 3.05) is 26.2 Å². The third kappa shape index (κ3) is 4.38. The number of halogens is 2. The average molecular weight is 444 g/mol. The Kier molecular flexibility index (Phi) is 5.85. The molecule has 4 rings (SSSR count). The van der Waals surface area contributed by atoms with Gasteiger partial charge < -0.3 is 14.5 Å². The molecule has 30 heavy (non-hydrogen) atoms. The highest BCUT2D eigenvalue weighted by Gasteiger charge is 2.43. The molecule has 2 saturated heterocycles. The van der Waals surface area contributed by atoms with Crippen LogP contribution in [0.25, 0.3) is 0 Å². The van der Waals surface area contributed by atoms with Crippen molar-refractivity contribution in [3.05, 3.63) is 69.2 Å². The first-order valence-corrected chi connectivity index (χ1v) is 10.3. The van der Waals surface area contributed by atoms with E-state index < -0.39 is 0 Å². The summed E-state index contributed by atoms with van der Waals surface area (Å²) in [5, 5.41) is 9.88. The monoisotopic (exact) mass is 443 g/mol. The molecule has 6 nitrogen and oxygen atoms in total. The van der Waals surface area contributed by atoms with Crippen LogP contribution in [0.4, 0.5) is 4.79 Å². The summed E-state index contributed by atoms with van der Waals surface area (Å²) in [6.07, 6.45) is -0.370. The van der Waals surface area contributed by atoms with E-state index in [0.29, 0.717) is 47.4 Å². The maximum absolute atomic E-state index is 12.7. The molecule has 2 aromatic carbocycles. The molecule has 2 heterocycles. The van der Waals surface area contributed by atoms with Crippen LogP contribution in [-0.4, -0.2) is 48.0 Å². The normalized spacial score (nSPS) is 20.0. The number of amides is 2. The van der Waals surface area contributed by atoms with E-state index in [0.717, 1.165) is 5.56 Å². The van der Waals surface area contributed by atoms with Crippen molar-refractivity contribution in [1.29, 1.82) is 5.26 Å². The van der Waals surface area contributed by atoms with Gasteiger partial charge in [0.05, 0.1) is 11.6 Å². The molecule has 0 spiro atoms. The van der Waals surface area contributed by atoms with Gasteiger partial charge in [-0.1, -0.05) is 23.2 Å². The van der Waals surface area contributed by atoms with Crippen LogP contribution in [0.5, 0.6) is 0 Å². The lowest BCUT2D eigenvalue weighted by atomic mass is 10.0. The number of fused-ring (bicyclic) bond motifs is 1. The van der Waals surface area contributed by atoms with Crippen LogP contribution in [-0.2, 0) is 11.3 Å². The van der Waals surface area contributed by atoms with Crippen LogP contribution in [0.1, 0.15) is 21.5 Å². The van der Waals surface area contributed by atoms with Crippen LogP contribution in [0, 0.1) is 23.2 Å². The molecule has 2 aliphatic rings. The summed E-state index contributed by atoms with van der Waals surface area (Å²) in [7, 11) is 0. The second kappa shape index (κ2) is 8.55. The Bertz CT molecular complexity index is 985. The van der Waals surface area contributed by atoms with Crippen molar-refractivity contribution in [2.24, 2.45) is 11.8 Å². The molecule has 0 aromatic heterocycles. The number of nitrogens with zero attached hydrogens (tertiary/aromatic N) is 3. The number of likely N-dealkylation sites (tertiary alicyclic amines) is 2. The lowest BCUT2D eigenvalue weighted by molar-refractivity contribution is 0.0764. The molecule has 2 aliphatic heterocycles. The van der Waals surface area contributed by atoms with E-state index in [9.17, 15) is 9.59 Å². The van der Waals surface area contributed by atoms with Crippen LogP contribution >= 0.6 is 23.2 Å². The Labute approximate surface area is 184 Å². The summed E-state index contributed by atoms with van der Waals surface area (Å²) >= 11 is 11.9. The van der Waals surface area contributed by atoms with Crippen molar-refractivity contribution in [3.8, 4) is 6.07 Å². The molecular formula is C22H19Cl2N3O3. The largest absolute Gasteiger partial charge is 0.445 e. The van der Waals surface area contributed by atoms with Gasteiger partial charge in [-0.25, -0.2) is 4.79 Å². The van der Waals surface area contributed by atoms with Gasteiger partial charge in [-0.15, -0.1) is 0 Å². The maximum Gasteiger partial charge on any atom is 0.410 e. The molecule has 1 unspecified atom stereocenters. The predicted octanol–water partition coefficient (Wildman–Crippen LogP) is 4.21. The standard InChI is InChI=1S/C22H19Cl2N3O3/c23-19-5-15(6-20(24)7-19)13-30-22(29)27-11-17-9-26(10-18(17)12-27)21(28)16-3-1-14(8-25)2-4-16/h1-7,17-18H,9-13H2/t17-,18?/m1/s1. The molecule has 0 radical (unpaired) electrons. The van der Waals surface area contributed by atoms with E-state index in [4.69, 9.17) is 33.2 Å². The maximum atomic E-state index is 12.7. The third-order valence-electron chi connectivity index (χ3n) is 5.58. The first-order chi connectivity index (χ1) is 14.4. The number of hydrogen-bond acceptors (Lipinski definition) is 4. The van der Waals surface area contributed by atoms with Gasteiger partial charge in [0, 0.05) is 53.6 Å². The molecule has 2 aromatic rings. The minimum atomic E-state index is -0.370. The fourth-order valence-electron chi connectivity index (χ4n) is 4.11. The lowest BCUT2D eigenvalue weighted by Gasteiger charge is -2.21. The Morgan fingerprint density at radius 3 is 2.10 bits per heavy atom. The Morgan fingerprint density at radius 2 is 1.53 bits per heavy atom. The number of carbonyl (C=O) groups is 2. The van der Waals surface area contributed by atoms with Gasteiger partial charge in [-0.2, -0.15) is 5.26 Å². The Morgan fingerprint density at radius 1 is 0.967 bits per heavy atom. The van der Waals surface area contributed by atoms with Gasteiger partial charge >= 0.3 is 6.09 Å². The van der Waals surface area contributed by atoms with Gasteiger partial charge in [0.2, 0.25) is 0 Å². The van der Waals surface area contributed by atoms with Crippen molar-refractivity contribution in [1.82, 2.24) is 9.80 Å². The van der Waals surface area contributed by atoms with E-state index >= 15 is 0 Å². The van der Waals surface area contributed by atoms with E-state index in [1.807, 2.05) is 11.0 Å². The van der Waals surface area contributed by atoms with Crippen LogP contribution in [0.15, 0.2) is 42.5 Å². The molecule has 2 atom stereocenters. The number of carbonyl (C=O) groups excluding carboxylic acids is 2. The second-order valence-electron chi connectivity index (χ2n) is 7.66. The van der Waals surface area contributed by atoms with E-state index in [2.05, 4.69) is 0 Å². The Balaban J connectivity index is 1.30. The topological polar surface area (TPSA) is 73.6 Å². The molecule has 0 saturated carbocycles. The highest BCUT2D eigenvalue weighted by atomic mass is 35.5. The summed E-state index contributed by atoms with van der Waals surface area (Å²) in [6.45, 7) is 2.45. The summed E-state index contributed by atoms with van der Waals surface area (Å²) in [5.74, 6) is 0.432. The van der Waals surface area contributed by atoms with E-state index in [1.165, 1.54) is 0 Å². The van der Waals surface area contributed by atoms with Gasteiger partial charge in [-0.05, 0) is 48.0 Å². The minimum Gasteiger partial charge on any atom is -0.445 e. The fraction of sp³-hybridized carbons (Fsp3) is 0.318. The van der Waals surface area contributed by atoms with Gasteiger partial charge in [0.25, 0.3) is 5.91 Å². The van der Waals surface area contributed by atoms with E-state index in [-0.39, 0.29) is 30.4 Å². The van der Waals surface area contributed by atoms with Crippen LogP contribution in [0.3, 0.4) is 0 Å². The van der Waals surface area contributed by atoms with Gasteiger partial charge in [-0.3, -0.25) is 4.79 Å². The average Bonchev–Trinajstić information content (AvgIpc) is 3.30. The third-order valence-corrected chi connectivity index (χ3v) is 6.01. The summed E-state index contributed by atoms with van der Waals surface area (Å²) in [4.78, 5) is 28.7. The predicted molar refractivity (Wildman–Crippen MR) is 112 cm³/mol. The van der Waals surface area contributed by atoms with E-state index in [1.54, 1.807) is 47.4 Å². The second-order valence-corrected chi connectivity index (χ2v) is 8.53. The zero-order valence-electron chi connectivity index (χ0n) is 16.1. The molecule has 0 bridgehead atoms. The zero-order chi connectivity index (χ0) is 21.3. The lowest BCUT2D eigenvalue weighted by Crippen LogP contribution is -2.35. The fourth-order valence-corrected chi connectivity index (χ4v) is 4.68. The molecule has 154 valence electrons. The van der Waals surface area contributed by atoms with Crippen molar-refractivity contribution in [2.45, 2.75) is 6.61 Å². The summed E-state index contributed by atoms with van der Waals surface area (Å²) < 4.78 is 5.42. The zero-order valence-corrected chi connectivity index (χ0v) is 17.6. The van der Waals surface area contributed by atoms with Crippen LogP contribution < -0.4 is 0 Å². The van der Waals surface area contributed by atoms with Crippen LogP contribution in [0.2, 0.25) is 10.0 Å². The van der Waals surface area contributed by atoms with Crippen molar-refractivity contribution >= 4 is 35.2 Å². The van der Waals surface area contributed by atoms with Gasteiger partial charge in [0.15, 0.2) is 0 Å². The number of nitriles is 1. The summed E-state index contributed by atoms with van der Waals surface area (Å²) in [6, 6.07) is 13.8. The highest BCUT2D eigenvalue weighted by Crippen LogP contribution is 2.32. The first kappa shape index (κ1) is 20.5. The quantitative estimate of drug-likeness (QED) is 0.711. The highest BCUT2D eigenvalue weighted by molar-refractivity contribution is 6.34. The number of rotatable bonds is 3. The minimum absolute atomic E-state index is 0.0409. The molecule has 2 fully saturated rings. The molecule has 2 amide bonds. The smallest absolute Gasteiger partial charge is 0.410 e. The Hall–Kier alpha value is -2.75. The molecule has 8 heteroatoms. The molecule has 0 aliphatic carbocycles.